The summed E-state index contributed by atoms with van der Waals surface area (Å²) in [5.74, 6) is 0.213. The zero-order chi connectivity index (χ0) is 9.68. The minimum absolute atomic E-state index is 0.112. The van der Waals surface area contributed by atoms with E-state index in [0.29, 0.717) is 5.03 Å². The van der Waals surface area contributed by atoms with Crippen LogP contribution in [-0.2, 0) is 0 Å². The molecule has 0 spiro atoms. The van der Waals surface area contributed by atoms with Crippen LogP contribution in [0.15, 0.2) is 17.4 Å². The minimum Gasteiger partial charge on any atom is -0.288 e. The second-order valence-corrected chi connectivity index (χ2v) is 3.40. The van der Waals surface area contributed by atoms with Crippen LogP contribution >= 0.6 is 11.8 Å². The number of hydrogen-bond donors (Lipinski definition) is 2. The Morgan fingerprint density at radius 2 is 2.46 bits per heavy atom. The molecule has 1 heterocycles. The molecule has 0 aliphatic heterocycles. The Balaban J connectivity index is 2.85. The number of nitrogens with zero attached hydrogens (tertiary/aromatic N) is 2. The molecular weight excluding hydrogens is 190 g/mol. The second kappa shape index (κ2) is 4.78. The van der Waals surface area contributed by atoms with Gasteiger partial charge in [-0.1, -0.05) is 6.92 Å². The number of aromatic nitrogens is 2. The molecule has 0 radical (unpaired) electrons. The van der Waals surface area contributed by atoms with Gasteiger partial charge in [0.15, 0.2) is 0 Å². The number of hydroxylamine groups is 1. The van der Waals surface area contributed by atoms with Crippen LogP contribution in [0.1, 0.15) is 17.4 Å². The molecule has 70 valence electrons. The Hall–Kier alpha value is -1.14. The van der Waals surface area contributed by atoms with E-state index < -0.39 is 5.91 Å². The largest absolute Gasteiger partial charge is 0.294 e. The highest BCUT2D eigenvalue weighted by atomic mass is 32.2. The minimum atomic E-state index is -0.647. The van der Waals surface area contributed by atoms with Gasteiger partial charge in [-0.25, -0.2) is 10.5 Å². The van der Waals surface area contributed by atoms with Crippen LogP contribution in [0.2, 0.25) is 0 Å². The molecule has 1 aromatic rings. The number of carbonyl (C=O) groups is 1. The Kier molecular flexibility index (Phi) is 3.66. The Morgan fingerprint density at radius 3 is 3.08 bits per heavy atom. The first-order valence-electron chi connectivity index (χ1n) is 3.67. The first-order chi connectivity index (χ1) is 6.27. The summed E-state index contributed by atoms with van der Waals surface area (Å²) >= 11 is 1.48. The molecule has 0 saturated heterocycles. The summed E-state index contributed by atoms with van der Waals surface area (Å²) in [7, 11) is 0. The first-order valence-corrected chi connectivity index (χ1v) is 4.65. The lowest BCUT2D eigenvalue weighted by atomic mass is 10.4. The SMILES string of the molecule is CCSc1cncc(C(=O)NO)n1. The Morgan fingerprint density at radius 1 is 1.69 bits per heavy atom. The van der Waals surface area contributed by atoms with Crippen molar-refractivity contribution in [2.75, 3.05) is 5.75 Å². The lowest BCUT2D eigenvalue weighted by Gasteiger charge is -1.99. The highest BCUT2D eigenvalue weighted by molar-refractivity contribution is 7.99. The summed E-state index contributed by atoms with van der Waals surface area (Å²) in [5.41, 5.74) is 1.61. The third-order valence-corrected chi connectivity index (χ3v) is 2.02. The average molecular weight is 199 g/mol. The highest BCUT2D eigenvalue weighted by Gasteiger charge is 2.06. The van der Waals surface area contributed by atoms with E-state index >= 15 is 0 Å². The molecule has 1 aromatic heterocycles. The van der Waals surface area contributed by atoms with Gasteiger partial charge >= 0.3 is 0 Å². The van der Waals surface area contributed by atoms with Crippen LogP contribution in [0.5, 0.6) is 0 Å². The number of thioether (sulfide) groups is 1. The summed E-state index contributed by atoms with van der Waals surface area (Å²) in [5, 5.41) is 9.00. The van der Waals surface area contributed by atoms with Crippen molar-refractivity contribution in [2.45, 2.75) is 11.9 Å². The molecule has 1 amide bonds. The summed E-state index contributed by atoms with van der Waals surface area (Å²) in [6.45, 7) is 1.98. The molecule has 0 aliphatic rings. The zero-order valence-corrected chi connectivity index (χ0v) is 7.84. The van der Waals surface area contributed by atoms with Crippen molar-refractivity contribution >= 4 is 17.7 Å². The summed E-state index contributed by atoms with van der Waals surface area (Å²) < 4.78 is 0. The lowest BCUT2D eigenvalue weighted by Crippen LogP contribution is -2.20. The fraction of sp³-hybridized carbons (Fsp3) is 0.286. The number of amides is 1. The molecule has 1 rings (SSSR count). The molecule has 2 N–H and O–H groups in total. The van der Waals surface area contributed by atoms with Gasteiger partial charge in [-0.05, 0) is 5.75 Å². The molecule has 5 nitrogen and oxygen atoms in total. The van der Waals surface area contributed by atoms with Crippen LogP contribution < -0.4 is 5.48 Å². The lowest BCUT2D eigenvalue weighted by molar-refractivity contribution is 0.0699. The van der Waals surface area contributed by atoms with Gasteiger partial charge in [-0.2, -0.15) is 0 Å². The van der Waals surface area contributed by atoms with Crippen LogP contribution in [0.25, 0.3) is 0 Å². The topological polar surface area (TPSA) is 75.1 Å². The maximum absolute atomic E-state index is 10.9. The Labute approximate surface area is 79.5 Å². The fourth-order valence-electron chi connectivity index (χ4n) is 0.732. The van der Waals surface area contributed by atoms with E-state index in [1.165, 1.54) is 23.4 Å². The van der Waals surface area contributed by atoms with E-state index in [1.54, 1.807) is 6.20 Å². The van der Waals surface area contributed by atoms with Crippen molar-refractivity contribution in [3.8, 4) is 0 Å². The molecule has 0 fully saturated rings. The van der Waals surface area contributed by atoms with Gasteiger partial charge in [0.05, 0.1) is 12.4 Å². The third kappa shape index (κ3) is 2.67. The van der Waals surface area contributed by atoms with E-state index in [1.807, 2.05) is 6.92 Å². The van der Waals surface area contributed by atoms with Crippen LogP contribution in [0.3, 0.4) is 0 Å². The summed E-state index contributed by atoms with van der Waals surface area (Å²) in [4.78, 5) is 18.7. The standard InChI is InChI=1S/C7H9N3O2S/c1-2-13-6-4-8-3-5(9-6)7(11)10-12/h3-4,12H,2H2,1H3,(H,10,11). The molecule has 0 aromatic carbocycles. The van der Waals surface area contributed by atoms with Crippen molar-refractivity contribution < 1.29 is 10.0 Å². The van der Waals surface area contributed by atoms with Crippen molar-refractivity contribution in [3.63, 3.8) is 0 Å². The van der Waals surface area contributed by atoms with Gasteiger partial charge in [0.1, 0.15) is 10.7 Å². The van der Waals surface area contributed by atoms with Crippen molar-refractivity contribution in [3.05, 3.63) is 18.1 Å². The van der Waals surface area contributed by atoms with Gasteiger partial charge in [0, 0.05) is 0 Å². The predicted molar refractivity (Wildman–Crippen MR) is 47.7 cm³/mol. The van der Waals surface area contributed by atoms with E-state index in [9.17, 15) is 4.79 Å². The second-order valence-electron chi connectivity index (χ2n) is 2.12. The van der Waals surface area contributed by atoms with Gasteiger partial charge in [0.25, 0.3) is 5.91 Å². The zero-order valence-electron chi connectivity index (χ0n) is 7.02. The van der Waals surface area contributed by atoms with Crippen molar-refractivity contribution in [1.82, 2.24) is 15.4 Å². The molecular formula is C7H9N3O2S. The third-order valence-electron chi connectivity index (χ3n) is 1.24. The van der Waals surface area contributed by atoms with Gasteiger partial charge in [-0.3, -0.25) is 15.0 Å². The van der Waals surface area contributed by atoms with Crippen molar-refractivity contribution in [1.29, 1.82) is 0 Å². The molecule has 0 aliphatic carbocycles. The maximum atomic E-state index is 10.9. The van der Waals surface area contributed by atoms with Crippen LogP contribution in [-0.4, -0.2) is 26.8 Å². The molecule has 0 bridgehead atoms. The van der Waals surface area contributed by atoms with E-state index in [-0.39, 0.29) is 5.69 Å². The van der Waals surface area contributed by atoms with E-state index in [2.05, 4.69) is 9.97 Å². The fourth-order valence-corrected chi connectivity index (χ4v) is 1.33. The van der Waals surface area contributed by atoms with Crippen LogP contribution in [0, 0.1) is 0 Å². The number of rotatable bonds is 3. The average Bonchev–Trinajstić information content (AvgIpc) is 2.18. The normalized spacial score (nSPS) is 9.69. The summed E-state index contributed by atoms with van der Waals surface area (Å²) in [6, 6.07) is 0. The molecule has 13 heavy (non-hydrogen) atoms. The first kappa shape index (κ1) is 9.94. The van der Waals surface area contributed by atoms with E-state index in [0.717, 1.165) is 5.75 Å². The van der Waals surface area contributed by atoms with Gasteiger partial charge in [0.2, 0.25) is 0 Å². The predicted octanol–water partition coefficient (Wildman–Crippen LogP) is 0.708. The number of nitrogens with one attached hydrogen (secondary N) is 1. The Bertz CT molecular complexity index is 306. The highest BCUT2D eigenvalue weighted by Crippen LogP contribution is 2.12. The van der Waals surface area contributed by atoms with Gasteiger partial charge in [-0.15, -0.1) is 11.8 Å². The molecule has 0 saturated carbocycles. The van der Waals surface area contributed by atoms with Gasteiger partial charge < -0.3 is 0 Å². The summed E-state index contributed by atoms with van der Waals surface area (Å²) in [6.07, 6.45) is 2.87. The molecule has 6 heteroatoms. The molecule has 0 unspecified atom stereocenters. The van der Waals surface area contributed by atoms with Crippen LogP contribution in [0.4, 0.5) is 0 Å². The quantitative estimate of drug-likeness (QED) is 0.426. The van der Waals surface area contributed by atoms with Crippen molar-refractivity contribution in [2.24, 2.45) is 0 Å². The molecule has 0 atom stereocenters. The maximum Gasteiger partial charge on any atom is 0.294 e. The monoisotopic (exact) mass is 199 g/mol. The smallest absolute Gasteiger partial charge is 0.288 e. The number of hydrogen-bond acceptors (Lipinski definition) is 5. The number of carbonyl (C=O) groups excluding carboxylic acids is 1. The van der Waals surface area contributed by atoms with E-state index in [4.69, 9.17) is 5.21 Å².